The molecule has 2 fully saturated rings. The maximum absolute atomic E-state index is 6.26. The highest BCUT2D eigenvalue weighted by molar-refractivity contribution is 5.20. The molecule has 0 unspecified atom stereocenters. The van der Waals surface area contributed by atoms with Crippen molar-refractivity contribution in [2.45, 2.75) is 51.0 Å². The third-order valence-electron chi connectivity index (χ3n) is 4.35. The fourth-order valence-electron chi connectivity index (χ4n) is 3.27. The lowest BCUT2D eigenvalue weighted by Crippen LogP contribution is -2.53. The van der Waals surface area contributed by atoms with Crippen molar-refractivity contribution in [1.29, 1.82) is 0 Å². The summed E-state index contributed by atoms with van der Waals surface area (Å²) in [6.07, 6.45) is 4.05. The molecule has 0 radical (unpaired) electrons. The first-order chi connectivity index (χ1) is 9.66. The van der Waals surface area contributed by atoms with Gasteiger partial charge in [0.1, 0.15) is 6.10 Å². The van der Waals surface area contributed by atoms with Gasteiger partial charge >= 0.3 is 0 Å². The zero-order chi connectivity index (χ0) is 14.0. The van der Waals surface area contributed by atoms with Crippen molar-refractivity contribution in [3.63, 3.8) is 0 Å². The molecule has 3 rings (SSSR count). The van der Waals surface area contributed by atoms with E-state index >= 15 is 0 Å². The van der Waals surface area contributed by atoms with Crippen LogP contribution in [-0.2, 0) is 9.47 Å². The van der Waals surface area contributed by atoms with Crippen LogP contribution in [0.1, 0.15) is 44.8 Å². The Morgan fingerprint density at radius 3 is 2.45 bits per heavy atom. The van der Waals surface area contributed by atoms with E-state index in [0.717, 1.165) is 6.61 Å². The molecule has 2 heterocycles. The van der Waals surface area contributed by atoms with Crippen LogP contribution in [0.5, 0.6) is 0 Å². The van der Waals surface area contributed by atoms with E-state index in [1.54, 1.807) is 0 Å². The number of nitrogens with zero attached hydrogens (tertiary/aromatic N) is 1. The SMILES string of the molecule is CC1(C)OC[C@H](N2CCCCC2)[C@H](c2ccccc2)O1. The van der Waals surface area contributed by atoms with Crippen molar-refractivity contribution >= 4 is 0 Å². The third-order valence-corrected chi connectivity index (χ3v) is 4.35. The molecule has 2 saturated heterocycles. The Balaban J connectivity index is 1.83. The molecule has 20 heavy (non-hydrogen) atoms. The lowest BCUT2D eigenvalue weighted by molar-refractivity contribution is -0.297. The van der Waals surface area contributed by atoms with Crippen LogP contribution in [0.15, 0.2) is 30.3 Å². The molecule has 3 nitrogen and oxygen atoms in total. The minimum atomic E-state index is -0.493. The van der Waals surface area contributed by atoms with E-state index in [-0.39, 0.29) is 6.10 Å². The van der Waals surface area contributed by atoms with Gasteiger partial charge in [0.05, 0.1) is 12.6 Å². The number of likely N-dealkylation sites (tertiary alicyclic amines) is 1. The minimum Gasteiger partial charge on any atom is -0.349 e. The Morgan fingerprint density at radius 1 is 1.05 bits per heavy atom. The minimum absolute atomic E-state index is 0.109. The molecule has 2 atom stereocenters. The molecule has 0 amide bonds. The first-order valence-electron chi connectivity index (χ1n) is 7.76. The highest BCUT2D eigenvalue weighted by atomic mass is 16.7. The second-order valence-electron chi connectivity index (χ2n) is 6.32. The van der Waals surface area contributed by atoms with E-state index in [2.05, 4.69) is 35.2 Å². The number of rotatable bonds is 2. The number of hydrogen-bond acceptors (Lipinski definition) is 3. The van der Waals surface area contributed by atoms with Crippen molar-refractivity contribution in [2.75, 3.05) is 19.7 Å². The fourth-order valence-corrected chi connectivity index (χ4v) is 3.27. The molecule has 2 aliphatic heterocycles. The van der Waals surface area contributed by atoms with Gasteiger partial charge in [0.25, 0.3) is 0 Å². The van der Waals surface area contributed by atoms with Crippen molar-refractivity contribution in [2.24, 2.45) is 0 Å². The Morgan fingerprint density at radius 2 is 1.75 bits per heavy atom. The van der Waals surface area contributed by atoms with Crippen LogP contribution in [0.2, 0.25) is 0 Å². The molecule has 1 aromatic rings. The normalized spacial score (nSPS) is 31.1. The lowest BCUT2D eigenvalue weighted by Gasteiger charge is -2.46. The first-order valence-corrected chi connectivity index (χ1v) is 7.76. The van der Waals surface area contributed by atoms with E-state index in [0.29, 0.717) is 6.04 Å². The van der Waals surface area contributed by atoms with E-state index in [1.807, 2.05) is 13.8 Å². The van der Waals surface area contributed by atoms with Gasteiger partial charge < -0.3 is 9.47 Å². The van der Waals surface area contributed by atoms with Gasteiger partial charge in [-0.2, -0.15) is 0 Å². The predicted molar refractivity (Wildman–Crippen MR) is 79.5 cm³/mol. The fraction of sp³-hybridized carbons (Fsp3) is 0.647. The highest BCUT2D eigenvalue weighted by Gasteiger charge is 2.40. The Kier molecular flexibility index (Phi) is 4.11. The summed E-state index contributed by atoms with van der Waals surface area (Å²) >= 11 is 0. The van der Waals surface area contributed by atoms with Gasteiger partial charge in [0.2, 0.25) is 0 Å². The van der Waals surface area contributed by atoms with Crippen LogP contribution >= 0.6 is 0 Å². The summed E-state index contributed by atoms with van der Waals surface area (Å²) in [6.45, 7) is 7.11. The zero-order valence-electron chi connectivity index (χ0n) is 12.5. The Labute approximate surface area is 121 Å². The van der Waals surface area contributed by atoms with Crippen LogP contribution in [-0.4, -0.2) is 36.4 Å². The number of piperidine rings is 1. The van der Waals surface area contributed by atoms with E-state index in [1.165, 1.54) is 37.9 Å². The maximum Gasteiger partial charge on any atom is 0.163 e. The monoisotopic (exact) mass is 275 g/mol. The second-order valence-corrected chi connectivity index (χ2v) is 6.32. The molecule has 0 aliphatic carbocycles. The van der Waals surface area contributed by atoms with Gasteiger partial charge in [0, 0.05) is 0 Å². The summed E-state index contributed by atoms with van der Waals surface area (Å²) in [4.78, 5) is 2.55. The highest BCUT2D eigenvalue weighted by Crippen LogP contribution is 2.36. The largest absolute Gasteiger partial charge is 0.349 e. The average molecular weight is 275 g/mol. The van der Waals surface area contributed by atoms with Crippen LogP contribution in [0.4, 0.5) is 0 Å². The van der Waals surface area contributed by atoms with Crippen molar-refractivity contribution in [1.82, 2.24) is 4.90 Å². The van der Waals surface area contributed by atoms with Crippen molar-refractivity contribution < 1.29 is 9.47 Å². The third kappa shape index (κ3) is 3.05. The van der Waals surface area contributed by atoms with Crippen molar-refractivity contribution in [3.05, 3.63) is 35.9 Å². The molecule has 0 bridgehead atoms. The lowest BCUT2D eigenvalue weighted by atomic mass is 9.97. The van der Waals surface area contributed by atoms with Gasteiger partial charge in [-0.1, -0.05) is 36.8 Å². The van der Waals surface area contributed by atoms with E-state index in [9.17, 15) is 0 Å². The predicted octanol–water partition coefficient (Wildman–Crippen LogP) is 3.37. The summed E-state index contributed by atoms with van der Waals surface area (Å²) in [6, 6.07) is 10.9. The molecule has 0 spiro atoms. The smallest absolute Gasteiger partial charge is 0.163 e. The topological polar surface area (TPSA) is 21.7 Å². The molecule has 110 valence electrons. The summed E-state index contributed by atoms with van der Waals surface area (Å²) in [5.74, 6) is -0.493. The maximum atomic E-state index is 6.26. The summed E-state index contributed by atoms with van der Waals surface area (Å²) < 4.78 is 12.2. The standard InChI is InChI=1S/C17H25NO2/c1-17(2)19-13-15(18-11-7-4-8-12-18)16(20-17)14-9-5-3-6-10-14/h3,5-6,9-10,15-16H,4,7-8,11-13H2,1-2H3/t15-,16-/m0/s1. The van der Waals surface area contributed by atoms with Crippen LogP contribution in [0, 0.1) is 0 Å². The van der Waals surface area contributed by atoms with Gasteiger partial charge in [0.15, 0.2) is 5.79 Å². The molecule has 1 aromatic carbocycles. The van der Waals surface area contributed by atoms with Gasteiger partial charge in [-0.3, -0.25) is 4.90 Å². The van der Waals surface area contributed by atoms with E-state index in [4.69, 9.17) is 9.47 Å². The first kappa shape index (κ1) is 14.1. The molecule has 0 N–H and O–H groups in total. The van der Waals surface area contributed by atoms with E-state index < -0.39 is 5.79 Å². The molecule has 2 aliphatic rings. The van der Waals surface area contributed by atoms with Gasteiger partial charge in [-0.05, 0) is 45.3 Å². The Hall–Kier alpha value is -0.900. The Bertz CT molecular complexity index is 426. The average Bonchev–Trinajstić information content (AvgIpc) is 2.48. The van der Waals surface area contributed by atoms with Crippen LogP contribution in [0.25, 0.3) is 0 Å². The molecule has 0 aromatic heterocycles. The number of ether oxygens (including phenoxy) is 2. The summed E-state index contributed by atoms with van der Waals surface area (Å²) in [7, 11) is 0. The second kappa shape index (κ2) is 5.84. The zero-order valence-corrected chi connectivity index (χ0v) is 12.5. The molecule has 0 saturated carbocycles. The number of hydrogen-bond donors (Lipinski definition) is 0. The molecular formula is C17H25NO2. The van der Waals surface area contributed by atoms with Crippen LogP contribution < -0.4 is 0 Å². The molecular weight excluding hydrogens is 250 g/mol. The van der Waals surface area contributed by atoms with Crippen molar-refractivity contribution in [3.8, 4) is 0 Å². The molecule has 3 heteroatoms. The quantitative estimate of drug-likeness (QED) is 0.826. The van der Waals surface area contributed by atoms with Gasteiger partial charge in [-0.25, -0.2) is 0 Å². The van der Waals surface area contributed by atoms with Gasteiger partial charge in [-0.15, -0.1) is 0 Å². The summed E-state index contributed by atoms with van der Waals surface area (Å²) in [5.41, 5.74) is 1.26. The summed E-state index contributed by atoms with van der Waals surface area (Å²) in [5, 5.41) is 0. The number of benzene rings is 1. The van der Waals surface area contributed by atoms with Crippen LogP contribution in [0.3, 0.4) is 0 Å².